The Bertz CT molecular complexity index is 806. The van der Waals surface area contributed by atoms with Crippen LogP contribution in [0.2, 0.25) is 0 Å². The predicted molar refractivity (Wildman–Crippen MR) is 93.0 cm³/mol. The number of hydrazine groups is 1. The molecule has 1 aliphatic rings. The van der Waals surface area contributed by atoms with Crippen LogP contribution in [-0.4, -0.2) is 51.2 Å². The number of nitrogens with zero attached hydrogens (tertiary/aromatic N) is 4. The lowest BCUT2D eigenvalue weighted by Gasteiger charge is -2.26. The highest BCUT2D eigenvalue weighted by atomic mass is 16.2. The van der Waals surface area contributed by atoms with Crippen molar-refractivity contribution in [3.05, 3.63) is 41.7 Å². The zero-order valence-corrected chi connectivity index (χ0v) is 14.2. The van der Waals surface area contributed by atoms with Gasteiger partial charge in [0.15, 0.2) is 5.82 Å². The van der Waals surface area contributed by atoms with Crippen LogP contribution in [0.15, 0.2) is 30.6 Å². The summed E-state index contributed by atoms with van der Waals surface area (Å²) in [6.07, 6.45) is 4.35. The minimum Gasteiger partial charge on any atom is -0.306 e. The number of carbonyl (C=O) groups excluding carboxylic acids is 2. The lowest BCUT2D eigenvalue weighted by Crippen LogP contribution is -2.55. The molecule has 2 amide bonds. The Balaban J connectivity index is 1.65. The van der Waals surface area contributed by atoms with E-state index in [1.54, 1.807) is 0 Å². The lowest BCUT2D eigenvalue weighted by molar-refractivity contribution is -0.140. The predicted octanol–water partition coefficient (Wildman–Crippen LogP) is 0.496. The number of piperazine rings is 1. The molecule has 0 atom stereocenters. The number of benzene rings is 1. The standard InChI is InChI=1S/C17H20N6O2/c1-12-7-13(2)9-14(8-12)17-19-11-22(21-17)5-3-15(24)20-23-6-4-18-10-16(23)25/h3,5,7-9,11,18H,4,6,10H2,1-2H3,(H,20,24)/b5-3-. The van der Waals surface area contributed by atoms with E-state index in [-0.39, 0.29) is 12.5 Å². The molecular weight excluding hydrogens is 320 g/mol. The average molecular weight is 340 g/mol. The molecule has 1 aromatic carbocycles. The Kier molecular flexibility index (Phi) is 4.90. The van der Waals surface area contributed by atoms with Crippen LogP contribution in [0.5, 0.6) is 0 Å². The summed E-state index contributed by atoms with van der Waals surface area (Å²) in [5, 5.41) is 8.59. The molecular formula is C17H20N6O2. The van der Waals surface area contributed by atoms with Crippen molar-refractivity contribution in [3.8, 4) is 11.4 Å². The molecule has 2 heterocycles. The van der Waals surface area contributed by atoms with Crippen LogP contribution in [0.3, 0.4) is 0 Å². The molecule has 0 spiro atoms. The van der Waals surface area contributed by atoms with Gasteiger partial charge in [-0.25, -0.2) is 9.67 Å². The van der Waals surface area contributed by atoms with Gasteiger partial charge in [-0.2, -0.15) is 0 Å². The van der Waals surface area contributed by atoms with Gasteiger partial charge in [0.25, 0.3) is 11.8 Å². The highest BCUT2D eigenvalue weighted by molar-refractivity contribution is 5.92. The van der Waals surface area contributed by atoms with E-state index in [0.717, 1.165) is 16.7 Å². The Hall–Kier alpha value is -3.00. The number of carbonyl (C=O) groups is 2. The number of hydrogen-bond acceptors (Lipinski definition) is 5. The quantitative estimate of drug-likeness (QED) is 0.791. The SMILES string of the molecule is Cc1cc(C)cc(-c2ncn(/C=C\C(=O)NN3CCNCC3=O)n2)c1. The minimum atomic E-state index is -0.390. The molecule has 2 N–H and O–H groups in total. The van der Waals surface area contributed by atoms with Crippen molar-refractivity contribution >= 4 is 18.0 Å². The molecule has 0 unspecified atom stereocenters. The molecule has 0 aliphatic carbocycles. The summed E-state index contributed by atoms with van der Waals surface area (Å²) in [5.74, 6) is 0.0405. The van der Waals surface area contributed by atoms with Crippen LogP contribution in [0.25, 0.3) is 17.6 Å². The van der Waals surface area contributed by atoms with Crippen LogP contribution in [0.4, 0.5) is 0 Å². The van der Waals surface area contributed by atoms with E-state index in [0.29, 0.717) is 18.9 Å². The molecule has 1 saturated heterocycles. The van der Waals surface area contributed by atoms with E-state index in [2.05, 4.69) is 26.9 Å². The molecule has 130 valence electrons. The fourth-order valence-electron chi connectivity index (χ4n) is 2.62. The molecule has 2 aromatic rings. The normalized spacial score (nSPS) is 15.0. The van der Waals surface area contributed by atoms with Crippen molar-refractivity contribution in [2.45, 2.75) is 13.8 Å². The maximum atomic E-state index is 11.9. The van der Waals surface area contributed by atoms with Gasteiger partial charge in [-0.05, 0) is 26.0 Å². The molecule has 8 nitrogen and oxygen atoms in total. The lowest BCUT2D eigenvalue weighted by atomic mass is 10.1. The molecule has 8 heteroatoms. The fraction of sp³-hybridized carbons (Fsp3) is 0.294. The van der Waals surface area contributed by atoms with Gasteiger partial charge in [0.2, 0.25) is 0 Å². The van der Waals surface area contributed by atoms with Gasteiger partial charge < -0.3 is 5.32 Å². The molecule has 1 fully saturated rings. The van der Waals surface area contributed by atoms with Crippen molar-refractivity contribution in [2.24, 2.45) is 0 Å². The summed E-state index contributed by atoms with van der Waals surface area (Å²) in [4.78, 5) is 27.8. The van der Waals surface area contributed by atoms with Crippen molar-refractivity contribution in [3.63, 3.8) is 0 Å². The van der Waals surface area contributed by atoms with Crippen LogP contribution in [-0.2, 0) is 9.59 Å². The van der Waals surface area contributed by atoms with Crippen molar-refractivity contribution < 1.29 is 9.59 Å². The van der Waals surface area contributed by atoms with Crippen LogP contribution >= 0.6 is 0 Å². The number of nitrogens with one attached hydrogen (secondary N) is 2. The Morgan fingerprint density at radius 1 is 1.28 bits per heavy atom. The third-order valence-corrected chi connectivity index (χ3v) is 3.70. The van der Waals surface area contributed by atoms with Gasteiger partial charge in [0.1, 0.15) is 6.33 Å². The summed E-state index contributed by atoms with van der Waals surface area (Å²) in [7, 11) is 0. The highest BCUT2D eigenvalue weighted by Gasteiger charge is 2.18. The zero-order valence-electron chi connectivity index (χ0n) is 14.2. The van der Waals surface area contributed by atoms with Crippen molar-refractivity contribution in [2.75, 3.05) is 19.6 Å². The van der Waals surface area contributed by atoms with Gasteiger partial charge in [-0.3, -0.25) is 20.0 Å². The first-order valence-corrected chi connectivity index (χ1v) is 8.01. The summed E-state index contributed by atoms with van der Waals surface area (Å²) < 4.78 is 1.46. The van der Waals surface area contributed by atoms with Crippen LogP contribution < -0.4 is 10.7 Å². The second-order valence-electron chi connectivity index (χ2n) is 5.94. The first kappa shape index (κ1) is 16.8. The molecule has 0 bridgehead atoms. The van der Waals surface area contributed by atoms with Crippen LogP contribution in [0.1, 0.15) is 11.1 Å². The van der Waals surface area contributed by atoms with Gasteiger partial charge in [0, 0.05) is 24.4 Å². The maximum absolute atomic E-state index is 11.9. The first-order chi connectivity index (χ1) is 12.0. The largest absolute Gasteiger partial charge is 0.306 e. The van der Waals surface area contributed by atoms with E-state index in [1.165, 1.54) is 28.3 Å². The molecule has 25 heavy (non-hydrogen) atoms. The van der Waals surface area contributed by atoms with Crippen molar-refractivity contribution in [1.82, 2.24) is 30.5 Å². The Morgan fingerprint density at radius 3 is 2.76 bits per heavy atom. The second kappa shape index (κ2) is 7.27. The Labute approximate surface area is 145 Å². The number of amides is 2. The number of hydrogen-bond donors (Lipinski definition) is 2. The average Bonchev–Trinajstić information content (AvgIpc) is 3.03. The van der Waals surface area contributed by atoms with E-state index in [4.69, 9.17) is 0 Å². The summed E-state index contributed by atoms with van der Waals surface area (Å²) in [5.41, 5.74) is 5.76. The highest BCUT2D eigenvalue weighted by Crippen LogP contribution is 2.18. The molecule has 3 rings (SSSR count). The molecule has 0 saturated carbocycles. The molecule has 0 radical (unpaired) electrons. The van der Waals surface area contributed by atoms with Crippen LogP contribution in [0, 0.1) is 13.8 Å². The Morgan fingerprint density at radius 2 is 2.04 bits per heavy atom. The summed E-state index contributed by atoms with van der Waals surface area (Å²) >= 11 is 0. The summed E-state index contributed by atoms with van der Waals surface area (Å²) in [6, 6.07) is 6.11. The number of aryl methyl sites for hydroxylation is 2. The molecule has 1 aliphatic heterocycles. The van der Waals surface area contributed by atoms with E-state index < -0.39 is 5.91 Å². The second-order valence-corrected chi connectivity index (χ2v) is 5.94. The smallest absolute Gasteiger partial charge is 0.264 e. The molecule has 1 aromatic heterocycles. The van der Waals surface area contributed by atoms with Gasteiger partial charge in [-0.15, -0.1) is 5.10 Å². The van der Waals surface area contributed by atoms with E-state index >= 15 is 0 Å². The van der Waals surface area contributed by atoms with Gasteiger partial charge >= 0.3 is 0 Å². The van der Waals surface area contributed by atoms with Gasteiger partial charge in [0.05, 0.1) is 13.1 Å². The third kappa shape index (κ3) is 4.30. The van der Waals surface area contributed by atoms with E-state index in [9.17, 15) is 9.59 Å². The first-order valence-electron chi connectivity index (χ1n) is 8.01. The minimum absolute atomic E-state index is 0.161. The summed E-state index contributed by atoms with van der Waals surface area (Å²) in [6.45, 7) is 5.37. The van der Waals surface area contributed by atoms with E-state index in [1.807, 2.05) is 26.0 Å². The van der Waals surface area contributed by atoms with Gasteiger partial charge in [-0.1, -0.05) is 17.2 Å². The number of rotatable bonds is 4. The zero-order chi connectivity index (χ0) is 17.8. The monoisotopic (exact) mass is 340 g/mol. The number of aromatic nitrogens is 3. The topological polar surface area (TPSA) is 92.2 Å². The fourth-order valence-corrected chi connectivity index (χ4v) is 2.62. The maximum Gasteiger partial charge on any atom is 0.264 e. The van der Waals surface area contributed by atoms with Crippen molar-refractivity contribution in [1.29, 1.82) is 0 Å². The third-order valence-electron chi connectivity index (χ3n) is 3.70.